The normalized spacial score (nSPS) is 33.2. The summed E-state index contributed by atoms with van der Waals surface area (Å²) in [6.07, 6.45) is -0.425. The second-order valence-corrected chi connectivity index (χ2v) is 4.73. The number of carboxylic acid groups (broad SMARTS) is 1. The zero-order valence-electron chi connectivity index (χ0n) is 8.41. The fourth-order valence-electron chi connectivity index (χ4n) is 2.07. The first kappa shape index (κ1) is 11.4. The third-order valence-corrected chi connectivity index (χ3v) is 3.19. The smallest absolute Gasteiger partial charge is 0.323 e. The molecule has 16 heavy (non-hydrogen) atoms. The van der Waals surface area contributed by atoms with Crippen LogP contribution in [0.5, 0.6) is 0 Å². The van der Waals surface area contributed by atoms with Crippen LogP contribution < -0.4 is 5.73 Å². The van der Waals surface area contributed by atoms with Crippen molar-refractivity contribution in [2.75, 3.05) is 0 Å². The van der Waals surface area contributed by atoms with E-state index in [2.05, 4.69) is 0 Å². The van der Waals surface area contributed by atoms with Gasteiger partial charge in [0.05, 0.1) is 0 Å². The first-order valence-electron chi connectivity index (χ1n) is 4.83. The van der Waals surface area contributed by atoms with Crippen molar-refractivity contribution in [2.24, 2.45) is 5.73 Å². The van der Waals surface area contributed by atoms with E-state index in [1.807, 2.05) is 0 Å². The number of aliphatic carboxylic acids is 1. The Labute approximate surface area is 97.0 Å². The molecule has 1 aromatic carbocycles. The van der Waals surface area contributed by atoms with E-state index in [0.717, 1.165) is 0 Å². The Hall–Kier alpha value is -1.13. The highest BCUT2D eigenvalue weighted by molar-refractivity contribution is 6.30. The summed E-state index contributed by atoms with van der Waals surface area (Å²) in [5.41, 5.74) is 2.80. The minimum atomic E-state index is -1.67. The molecule has 1 aromatic rings. The van der Waals surface area contributed by atoms with E-state index < -0.39 is 17.2 Å². The van der Waals surface area contributed by atoms with Crippen LogP contribution in [0.4, 0.5) is 4.39 Å². The maximum Gasteiger partial charge on any atom is 0.323 e. The van der Waals surface area contributed by atoms with Gasteiger partial charge in [-0.3, -0.25) is 4.79 Å². The molecule has 0 radical (unpaired) electrons. The molecule has 5 heteroatoms. The molecule has 0 heterocycles. The van der Waals surface area contributed by atoms with Gasteiger partial charge in [0.15, 0.2) is 0 Å². The highest BCUT2D eigenvalue weighted by Gasteiger charge is 2.58. The molecule has 1 saturated carbocycles. The molecular formula is C11H11ClFNO2. The highest BCUT2D eigenvalue weighted by atomic mass is 35.5. The van der Waals surface area contributed by atoms with Crippen molar-refractivity contribution in [3.63, 3.8) is 0 Å². The Morgan fingerprint density at radius 1 is 1.50 bits per heavy atom. The number of rotatable bonds is 2. The fraction of sp³-hybridized carbons (Fsp3) is 0.364. The SMILES string of the molecule is NC1(C(=O)O)CC(F)(c2cccc(Cl)c2)C1. The second-order valence-electron chi connectivity index (χ2n) is 4.29. The van der Waals surface area contributed by atoms with Gasteiger partial charge < -0.3 is 10.8 Å². The summed E-state index contributed by atoms with van der Waals surface area (Å²) in [7, 11) is 0. The van der Waals surface area contributed by atoms with Gasteiger partial charge in [-0.25, -0.2) is 4.39 Å². The van der Waals surface area contributed by atoms with Crippen LogP contribution in [0.2, 0.25) is 5.02 Å². The van der Waals surface area contributed by atoms with Gasteiger partial charge in [-0.2, -0.15) is 0 Å². The number of carbonyl (C=O) groups is 1. The highest BCUT2D eigenvalue weighted by Crippen LogP contribution is 2.50. The predicted molar refractivity (Wildman–Crippen MR) is 58.0 cm³/mol. The van der Waals surface area contributed by atoms with Gasteiger partial charge in [0.25, 0.3) is 0 Å². The summed E-state index contributed by atoms with van der Waals surface area (Å²) >= 11 is 5.75. The standard InChI is InChI=1S/C11H11ClFNO2/c12-8-3-1-2-7(4-8)10(13)5-11(14,6-10)9(15)16/h1-4H,5-6,14H2,(H,15,16). The zero-order valence-corrected chi connectivity index (χ0v) is 9.17. The van der Waals surface area contributed by atoms with Crippen LogP contribution >= 0.6 is 11.6 Å². The molecule has 2 rings (SSSR count). The predicted octanol–water partition coefficient (Wildman–Crippen LogP) is 2.08. The van der Waals surface area contributed by atoms with Crippen molar-refractivity contribution in [3.05, 3.63) is 34.9 Å². The molecule has 86 valence electrons. The van der Waals surface area contributed by atoms with E-state index in [0.29, 0.717) is 10.6 Å². The summed E-state index contributed by atoms with van der Waals surface area (Å²) in [6, 6.07) is 6.37. The zero-order chi connectivity index (χ0) is 12.0. The first-order valence-corrected chi connectivity index (χ1v) is 5.21. The molecule has 1 fully saturated rings. The van der Waals surface area contributed by atoms with Gasteiger partial charge in [-0.15, -0.1) is 0 Å². The second kappa shape index (κ2) is 3.43. The van der Waals surface area contributed by atoms with E-state index >= 15 is 0 Å². The van der Waals surface area contributed by atoms with E-state index in [4.69, 9.17) is 22.4 Å². The van der Waals surface area contributed by atoms with Gasteiger partial charge in [-0.1, -0.05) is 23.7 Å². The fourth-order valence-corrected chi connectivity index (χ4v) is 2.26. The van der Waals surface area contributed by atoms with Crippen molar-refractivity contribution in [1.29, 1.82) is 0 Å². The lowest BCUT2D eigenvalue weighted by Gasteiger charge is -2.46. The summed E-state index contributed by atoms with van der Waals surface area (Å²) < 4.78 is 14.3. The third-order valence-electron chi connectivity index (χ3n) is 2.96. The van der Waals surface area contributed by atoms with Crippen molar-refractivity contribution < 1.29 is 14.3 Å². The Bertz CT molecular complexity index is 443. The molecule has 3 N–H and O–H groups in total. The average Bonchev–Trinajstić information content (AvgIpc) is 2.15. The number of hydrogen-bond acceptors (Lipinski definition) is 2. The topological polar surface area (TPSA) is 63.3 Å². The molecule has 0 aliphatic heterocycles. The lowest BCUT2D eigenvalue weighted by Crippen LogP contribution is -2.63. The summed E-state index contributed by atoms with van der Waals surface area (Å²) in [5, 5.41) is 9.24. The Kier molecular flexibility index (Phi) is 2.44. The first-order chi connectivity index (χ1) is 7.36. The Morgan fingerprint density at radius 3 is 2.62 bits per heavy atom. The van der Waals surface area contributed by atoms with Crippen LogP contribution in [0.3, 0.4) is 0 Å². The molecule has 0 bridgehead atoms. The number of benzene rings is 1. The molecular weight excluding hydrogens is 233 g/mol. The average molecular weight is 244 g/mol. The molecule has 0 spiro atoms. The summed E-state index contributed by atoms with van der Waals surface area (Å²) in [5.74, 6) is -1.16. The number of nitrogens with two attached hydrogens (primary N) is 1. The van der Waals surface area contributed by atoms with Crippen LogP contribution in [-0.2, 0) is 10.5 Å². The number of hydrogen-bond donors (Lipinski definition) is 2. The van der Waals surface area contributed by atoms with Gasteiger partial charge in [0.2, 0.25) is 0 Å². The van der Waals surface area contributed by atoms with Crippen LogP contribution in [0.1, 0.15) is 18.4 Å². The van der Waals surface area contributed by atoms with Crippen molar-refractivity contribution in [2.45, 2.75) is 24.0 Å². The lowest BCUT2D eigenvalue weighted by molar-refractivity contribution is -0.155. The maximum atomic E-state index is 14.3. The monoisotopic (exact) mass is 243 g/mol. The number of halogens is 2. The third kappa shape index (κ3) is 1.68. The lowest BCUT2D eigenvalue weighted by atomic mass is 9.64. The van der Waals surface area contributed by atoms with Crippen molar-refractivity contribution in [1.82, 2.24) is 0 Å². The van der Waals surface area contributed by atoms with Gasteiger partial charge in [0.1, 0.15) is 11.2 Å². The van der Waals surface area contributed by atoms with Crippen LogP contribution in [0.15, 0.2) is 24.3 Å². The van der Waals surface area contributed by atoms with E-state index in [9.17, 15) is 9.18 Å². The van der Waals surface area contributed by atoms with Crippen molar-refractivity contribution in [3.8, 4) is 0 Å². The summed E-state index contributed by atoms with van der Waals surface area (Å²) in [4.78, 5) is 10.8. The molecule has 0 amide bonds. The van der Waals surface area contributed by atoms with Crippen LogP contribution in [0, 0.1) is 0 Å². The molecule has 1 aliphatic rings. The molecule has 0 saturated heterocycles. The van der Waals surface area contributed by atoms with Crippen molar-refractivity contribution >= 4 is 17.6 Å². The van der Waals surface area contributed by atoms with Crippen LogP contribution in [-0.4, -0.2) is 16.6 Å². The maximum absolute atomic E-state index is 14.3. The van der Waals surface area contributed by atoms with E-state index in [-0.39, 0.29) is 12.8 Å². The van der Waals surface area contributed by atoms with Gasteiger partial charge in [0, 0.05) is 17.9 Å². The quantitative estimate of drug-likeness (QED) is 0.836. The van der Waals surface area contributed by atoms with Gasteiger partial charge >= 0.3 is 5.97 Å². The molecule has 0 atom stereocenters. The molecule has 0 unspecified atom stereocenters. The Morgan fingerprint density at radius 2 is 2.12 bits per heavy atom. The molecule has 1 aliphatic carbocycles. The largest absolute Gasteiger partial charge is 0.480 e. The van der Waals surface area contributed by atoms with E-state index in [1.165, 1.54) is 6.07 Å². The molecule has 0 aromatic heterocycles. The van der Waals surface area contributed by atoms with Crippen LogP contribution in [0.25, 0.3) is 0 Å². The minimum absolute atomic E-state index is 0.213. The van der Waals surface area contributed by atoms with Gasteiger partial charge in [-0.05, 0) is 17.7 Å². The summed E-state index contributed by atoms with van der Waals surface area (Å²) in [6.45, 7) is 0. The Balaban J connectivity index is 2.22. The minimum Gasteiger partial charge on any atom is -0.480 e. The number of carboxylic acids is 1. The number of alkyl halides is 1. The molecule has 3 nitrogen and oxygen atoms in total. The van der Waals surface area contributed by atoms with E-state index in [1.54, 1.807) is 18.2 Å².